The van der Waals surface area contributed by atoms with Gasteiger partial charge in [0.15, 0.2) is 0 Å². The fourth-order valence-electron chi connectivity index (χ4n) is 2.46. The van der Waals surface area contributed by atoms with Crippen molar-refractivity contribution in [2.24, 2.45) is 0 Å². The summed E-state index contributed by atoms with van der Waals surface area (Å²) < 4.78 is 87.1. The van der Waals surface area contributed by atoms with Crippen molar-refractivity contribution in [2.45, 2.75) is 18.0 Å². The van der Waals surface area contributed by atoms with Gasteiger partial charge in [0, 0.05) is 0 Å². The first-order valence-electron chi connectivity index (χ1n) is 7.01. The van der Waals surface area contributed by atoms with Crippen LogP contribution in [0.4, 0.5) is 26.3 Å². The summed E-state index contributed by atoms with van der Waals surface area (Å²) in [5.74, 6) is 0. The number of hydrogen-bond donors (Lipinski definition) is 0. The van der Waals surface area contributed by atoms with Crippen molar-refractivity contribution in [1.82, 2.24) is 0 Å². The van der Waals surface area contributed by atoms with E-state index in [0.29, 0.717) is 5.56 Å². The van der Waals surface area contributed by atoms with Gasteiger partial charge in [-0.15, -0.1) is 0 Å². The van der Waals surface area contributed by atoms with E-state index in [0.717, 1.165) is 12.1 Å². The first-order chi connectivity index (χ1) is 11.7. The molecule has 0 aliphatic carbocycles. The Balaban J connectivity index is 2.09. The van der Waals surface area contributed by atoms with Crippen LogP contribution in [-0.4, -0.2) is 12.4 Å². The summed E-state index contributed by atoms with van der Waals surface area (Å²) in [5, 5.41) is 0. The van der Waals surface area contributed by atoms with Crippen LogP contribution in [0.25, 0.3) is 6.08 Å². The fraction of sp³-hybridized carbons (Fsp3) is 0.176. The van der Waals surface area contributed by atoms with Gasteiger partial charge in [0.2, 0.25) is 0 Å². The maximum absolute atomic E-state index is 13.5. The number of hydrogen-bond acceptors (Lipinski definition) is 1. The van der Waals surface area contributed by atoms with E-state index in [1.807, 2.05) is 0 Å². The van der Waals surface area contributed by atoms with Crippen molar-refractivity contribution in [3.63, 3.8) is 0 Å². The van der Waals surface area contributed by atoms with E-state index in [2.05, 4.69) is 0 Å². The molecule has 2 aromatic rings. The van der Waals surface area contributed by atoms with Crippen LogP contribution >= 0.6 is 20.2 Å². The molecule has 2 aromatic carbocycles. The van der Waals surface area contributed by atoms with Crippen LogP contribution in [0.3, 0.4) is 0 Å². The second kappa shape index (κ2) is 6.31. The van der Waals surface area contributed by atoms with Gasteiger partial charge in [0.25, 0.3) is 0 Å². The predicted molar refractivity (Wildman–Crippen MR) is 89.5 cm³/mol. The molecule has 1 heterocycles. The molecular formula is C17H11F6IO. The van der Waals surface area contributed by atoms with Gasteiger partial charge in [-0.3, -0.25) is 0 Å². The normalized spacial score (nSPS) is 18.6. The van der Waals surface area contributed by atoms with E-state index in [1.165, 1.54) is 22.3 Å². The van der Waals surface area contributed by atoms with E-state index in [-0.39, 0.29) is 3.57 Å². The number of halogens is 7. The molecule has 0 radical (unpaired) electrons. The van der Waals surface area contributed by atoms with Gasteiger partial charge < -0.3 is 0 Å². The molecule has 0 amide bonds. The minimum atomic E-state index is -5.60. The van der Waals surface area contributed by atoms with E-state index >= 15 is 0 Å². The zero-order valence-electron chi connectivity index (χ0n) is 12.4. The molecule has 1 aliphatic rings. The Morgan fingerprint density at radius 3 is 1.96 bits per heavy atom. The second-order valence-electron chi connectivity index (χ2n) is 5.21. The molecule has 0 unspecified atom stereocenters. The first kappa shape index (κ1) is 18.2. The predicted octanol–water partition coefficient (Wildman–Crippen LogP) is 6.30. The van der Waals surface area contributed by atoms with E-state index in [1.54, 1.807) is 30.3 Å². The topological polar surface area (TPSA) is 9.23 Å². The van der Waals surface area contributed by atoms with Gasteiger partial charge in [0.05, 0.1) is 0 Å². The summed E-state index contributed by atoms with van der Waals surface area (Å²) in [5.41, 5.74) is -4.43. The van der Waals surface area contributed by atoms with E-state index in [4.69, 9.17) is 3.07 Å². The summed E-state index contributed by atoms with van der Waals surface area (Å²) in [7, 11) is 0. The molecule has 1 nitrogen and oxygen atoms in total. The molecule has 0 saturated carbocycles. The fourth-order valence-corrected chi connectivity index (χ4v) is 7.11. The zero-order valence-corrected chi connectivity index (χ0v) is 14.6. The molecular weight excluding hydrogens is 461 g/mol. The van der Waals surface area contributed by atoms with Crippen molar-refractivity contribution in [3.8, 4) is 0 Å². The molecule has 3 rings (SSSR count). The third kappa shape index (κ3) is 3.05. The van der Waals surface area contributed by atoms with Crippen molar-refractivity contribution in [3.05, 3.63) is 73.4 Å². The molecule has 0 fully saturated rings. The van der Waals surface area contributed by atoms with Crippen LogP contribution in [0, 0.1) is 3.57 Å². The van der Waals surface area contributed by atoms with E-state index in [9.17, 15) is 26.3 Å². The average molecular weight is 472 g/mol. The first-order valence-corrected chi connectivity index (χ1v) is 10.2. The second-order valence-corrected chi connectivity index (χ2v) is 9.11. The summed E-state index contributed by atoms with van der Waals surface area (Å²) in [6.07, 6.45) is -9.70. The molecule has 25 heavy (non-hydrogen) atoms. The standard InChI is InChI=1S/C17H11F6IO/c18-16(19,20)15(17(21,22)23)13-8-4-5-9-14(13)24(25-15)11-10-12-6-2-1-3-7-12/h1-11H/b11-10+. The Kier molecular flexibility index (Phi) is 4.61. The molecule has 134 valence electrons. The van der Waals surface area contributed by atoms with Crippen molar-refractivity contribution < 1.29 is 29.4 Å². The molecule has 0 aromatic heterocycles. The van der Waals surface area contributed by atoms with Crippen LogP contribution in [0.5, 0.6) is 0 Å². The molecule has 8 heteroatoms. The Hall–Kier alpha value is -1.55. The summed E-state index contributed by atoms with van der Waals surface area (Å²) in [4.78, 5) is 0. The SMILES string of the molecule is FC(F)(F)C1(C(F)(F)F)OI(/C=C/c2ccccc2)c2ccccc21. The minimum absolute atomic E-state index is 0.00790. The third-order valence-corrected chi connectivity index (χ3v) is 7.85. The molecule has 0 bridgehead atoms. The average Bonchev–Trinajstić information content (AvgIpc) is 2.89. The van der Waals surface area contributed by atoms with E-state index < -0.39 is 43.8 Å². The molecule has 0 saturated heterocycles. The Labute approximate surface area is 147 Å². The van der Waals surface area contributed by atoms with Crippen LogP contribution in [0.1, 0.15) is 11.1 Å². The quantitative estimate of drug-likeness (QED) is 0.369. The van der Waals surface area contributed by atoms with Crippen molar-refractivity contribution >= 4 is 26.3 Å². The van der Waals surface area contributed by atoms with Gasteiger partial charge in [0.1, 0.15) is 0 Å². The van der Waals surface area contributed by atoms with Crippen LogP contribution in [-0.2, 0) is 8.67 Å². The molecule has 0 N–H and O–H groups in total. The Morgan fingerprint density at radius 2 is 1.36 bits per heavy atom. The van der Waals surface area contributed by atoms with Gasteiger partial charge in [-0.05, 0) is 0 Å². The zero-order chi connectivity index (χ0) is 18.3. The maximum atomic E-state index is 13.5. The molecule has 1 aliphatic heterocycles. The van der Waals surface area contributed by atoms with Gasteiger partial charge in [-0.1, -0.05) is 0 Å². The van der Waals surface area contributed by atoms with Crippen LogP contribution < -0.4 is 0 Å². The van der Waals surface area contributed by atoms with Gasteiger partial charge in [-0.25, -0.2) is 0 Å². The number of fused-ring (bicyclic) bond motifs is 1. The summed E-state index contributed by atoms with van der Waals surface area (Å²) >= 11 is -3.30. The Bertz CT molecular complexity index is 768. The molecule has 0 spiro atoms. The number of benzene rings is 2. The van der Waals surface area contributed by atoms with Crippen molar-refractivity contribution in [1.29, 1.82) is 0 Å². The number of rotatable bonds is 2. The van der Waals surface area contributed by atoms with Crippen LogP contribution in [0.2, 0.25) is 0 Å². The molecule has 0 atom stereocenters. The van der Waals surface area contributed by atoms with Gasteiger partial charge in [-0.2, -0.15) is 0 Å². The summed E-state index contributed by atoms with van der Waals surface area (Å²) in [6.45, 7) is 0. The Morgan fingerprint density at radius 1 is 0.800 bits per heavy atom. The monoisotopic (exact) mass is 472 g/mol. The van der Waals surface area contributed by atoms with Crippen molar-refractivity contribution in [2.75, 3.05) is 0 Å². The third-order valence-electron chi connectivity index (χ3n) is 3.62. The van der Waals surface area contributed by atoms with Gasteiger partial charge >= 0.3 is 147 Å². The summed E-state index contributed by atoms with van der Waals surface area (Å²) in [6, 6.07) is 13.3. The van der Waals surface area contributed by atoms with Crippen LogP contribution in [0.15, 0.2) is 58.7 Å². The number of alkyl halides is 6.